The summed E-state index contributed by atoms with van der Waals surface area (Å²) in [6.07, 6.45) is 0.461. The molecular formula is C23H19N3O2S. The SMILES string of the molecule is O=C1CCSc2ccc(C(=O)NN=C(c3ccccc3)c3ccccc3)cc2N1. The third-order valence-corrected chi connectivity index (χ3v) is 5.54. The summed E-state index contributed by atoms with van der Waals surface area (Å²) in [6.45, 7) is 0. The van der Waals surface area contributed by atoms with E-state index in [0.29, 0.717) is 23.4 Å². The molecule has 1 aliphatic heterocycles. The topological polar surface area (TPSA) is 70.6 Å². The molecule has 6 heteroatoms. The molecule has 1 aliphatic rings. The Kier molecular flexibility index (Phi) is 5.72. The molecule has 29 heavy (non-hydrogen) atoms. The first kappa shape index (κ1) is 19.0. The van der Waals surface area contributed by atoms with Crippen molar-refractivity contribution >= 4 is 35.0 Å². The molecule has 3 aromatic rings. The van der Waals surface area contributed by atoms with Crippen molar-refractivity contribution in [3.63, 3.8) is 0 Å². The minimum Gasteiger partial charge on any atom is -0.325 e. The fourth-order valence-electron chi connectivity index (χ4n) is 3.02. The molecule has 3 aromatic carbocycles. The first-order chi connectivity index (χ1) is 14.2. The van der Waals surface area contributed by atoms with Gasteiger partial charge >= 0.3 is 0 Å². The Morgan fingerprint density at radius 2 is 1.55 bits per heavy atom. The predicted molar refractivity (Wildman–Crippen MR) is 116 cm³/mol. The molecule has 0 saturated heterocycles. The van der Waals surface area contributed by atoms with Crippen LogP contribution >= 0.6 is 11.8 Å². The smallest absolute Gasteiger partial charge is 0.271 e. The summed E-state index contributed by atoms with van der Waals surface area (Å²) < 4.78 is 0. The Bertz CT molecular complexity index is 1020. The number of fused-ring (bicyclic) bond motifs is 1. The zero-order valence-electron chi connectivity index (χ0n) is 15.6. The van der Waals surface area contributed by atoms with Crippen molar-refractivity contribution in [3.05, 3.63) is 95.6 Å². The van der Waals surface area contributed by atoms with E-state index < -0.39 is 0 Å². The summed E-state index contributed by atoms with van der Waals surface area (Å²) in [5, 5.41) is 7.27. The van der Waals surface area contributed by atoms with Gasteiger partial charge in [0.15, 0.2) is 0 Å². The predicted octanol–water partition coefficient (Wildman–Crippen LogP) is 4.30. The van der Waals surface area contributed by atoms with Crippen molar-refractivity contribution in [2.24, 2.45) is 5.10 Å². The molecule has 1 heterocycles. The van der Waals surface area contributed by atoms with Crippen LogP contribution in [-0.2, 0) is 4.79 Å². The summed E-state index contributed by atoms with van der Waals surface area (Å²) in [5.41, 5.74) is 6.26. The number of amides is 2. The second-order valence-corrected chi connectivity index (χ2v) is 7.63. The van der Waals surface area contributed by atoms with Crippen LogP contribution in [0.3, 0.4) is 0 Å². The molecule has 0 saturated carbocycles. The number of carbonyl (C=O) groups excluding carboxylic acids is 2. The summed E-state index contributed by atoms with van der Waals surface area (Å²) in [5.74, 6) is 0.356. The highest BCUT2D eigenvalue weighted by atomic mass is 32.2. The maximum Gasteiger partial charge on any atom is 0.271 e. The molecule has 0 unspecified atom stereocenters. The van der Waals surface area contributed by atoms with E-state index in [0.717, 1.165) is 21.8 Å². The van der Waals surface area contributed by atoms with Crippen molar-refractivity contribution in [1.82, 2.24) is 5.43 Å². The number of anilines is 1. The average molecular weight is 401 g/mol. The van der Waals surface area contributed by atoms with E-state index in [-0.39, 0.29) is 11.8 Å². The van der Waals surface area contributed by atoms with Gasteiger partial charge in [0.25, 0.3) is 5.91 Å². The third kappa shape index (κ3) is 4.55. The van der Waals surface area contributed by atoms with Crippen LogP contribution in [0.25, 0.3) is 0 Å². The van der Waals surface area contributed by atoms with Gasteiger partial charge in [-0.3, -0.25) is 9.59 Å². The summed E-state index contributed by atoms with van der Waals surface area (Å²) >= 11 is 1.60. The molecule has 0 atom stereocenters. The minimum atomic E-state index is -0.333. The number of benzene rings is 3. The lowest BCUT2D eigenvalue weighted by Crippen LogP contribution is -2.21. The highest BCUT2D eigenvalue weighted by Gasteiger charge is 2.16. The Morgan fingerprint density at radius 1 is 0.897 bits per heavy atom. The van der Waals surface area contributed by atoms with Crippen molar-refractivity contribution in [2.45, 2.75) is 11.3 Å². The quantitative estimate of drug-likeness (QED) is 0.506. The van der Waals surface area contributed by atoms with E-state index in [4.69, 9.17) is 0 Å². The number of hydrazone groups is 1. The zero-order chi connectivity index (χ0) is 20.1. The molecule has 2 N–H and O–H groups in total. The van der Waals surface area contributed by atoms with Crippen LogP contribution in [0, 0.1) is 0 Å². The molecule has 0 fully saturated rings. The number of carbonyl (C=O) groups is 2. The molecule has 5 nitrogen and oxygen atoms in total. The van der Waals surface area contributed by atoms with Gasteiger partial charge in [0.05, 0.1) is 11.4 Å². The second-order valence-electron chi connectivity index (χ2n) is 6.49. The molecule has 2 amide bonds. The Labute approximate surface area is 173 Å². The lowest BCUT2D eigenvalue weighted by Gasteiger charge is -2.10. The van der Waals surface area contributed by atoms with E-state index in [9.17, 15) is 9.59 Å². The molecule has 144 valence electrons. The highest BCUT2D eigenvalue weighted by Crippen LogP contribution is 2.31. The lowest BCUT2D eigenvalue weighted by atomic mass is 10.0. The number of hydrogen-bond donors (Lipinski definition) is 2. The van der Waals surface area contributed by atoms with E-state index >= 15 is 0 Å². The van der Waals surface area contributed by atoms with E-state index in [2.05, 4.69) is 15.8 Å². The fraction of sp³-hybridized carbons (Fsp3) is 0.0870. The summed E-state index contributed by atoms with van der Waals surface area (Å²) in [4.78, 5) is 25.5. The first-order valence-corrected chi connectivity index (χ1v) is 10.2. The van der Waals surface area contributed by atoms with Crippen LogP contribution < -0.4 is 10.7 Å². The van der Waals surface area contributed by atoms with E-state index in [1.54, 1.807) is 23.9 Å². The van der Waals surface area contributed by atoms with Crippen LogP contribution in [0.2, 0.25) is 0 Å². The normalized spacial score (nSPS) is 12.9. The second kappa shape index (κ2) is 8.75. The number of rotatable bonds is 4. The van der Waals surface area contributed by atoms with Gasteiger partial charge in [0.1, 0.15) is 0 Å². The van der Waals surface area contributed by atoms with Crippen LogP contribution in [0.15, 0.2) is 88.9 Å². The first-order valence-electron chi connectivity index (χ1n) is 9.26. The van der Waals surface area contributed by atoms with Gasteiger partial charge in [-0.05, 0) is 18.2 Å². The Hall–Kier alpha value is -3.38. The monoisotopic (exact) mass is 401 g/mol. The van der Waals surface area contributed by atoms with Crippen molar-refractivity contribution < 1.29 is 9.59 Å². The van der Waals surface area contributed by atoms with Gasteiger partial charge in [0, 0.05) is 33.8 Å². The fourth-order valence-corrected chi connectivity index (χ4v) is 3.96. The van der Waals surface area contributed by atoms with Gasteiger partial charge in [-0.25, -0.2) is 5.43 Å². The van der Waals surface area contributed by atoms with Crippen LogP contribution in [0.1, 0.15) is 27.9 Å². The van der Waals surface area contributed by atoms with Crippen molar-refractivity contribution in [1.29, 1.82) is 0 Å². The molecule has 0 aromatic heterocycles. The maximum atomic E-state index is 12.7. The third-order valence-electron chi connectivity index (χ3n) is 4.47. The zero-order valence-corrected chi connectivity index (χ0v) is 16.4. The maximum absolute atomic E-state index is 12.7. The van der Waals surface area contributed by atoms with E-state index in [1.165, 1.54) is 0 Å². The van der Waals surface area contributed by atoms with Crippen molar-refractivity contribution in [3.8, 4) is 0 Å². The van der Waals surface area contributed by atoms with E-state index in [1.807, 2.05) is 66.7 Å². The van der Waals surface area contributed by atoms with Gasteiger partial charge in [0.2, 0.25) is 5.91 Å². The van der Waals surface area contributed by atoms with Gasteiger partial charge in [-0.15, -0.1) is 11.8 Å². The molecular weight excluding hydrogens is 382 g/mol. The number of thioether (sulfide) groups is 1. The summed E-state index contributed by atoms with van der Waals surface area (Å²) in [6, 6.07) is 24.7. The van der Waals surface area contributed by atoms with Crippen LogP contribution in [0.5, 0.6) is 0 Å². The number of nitrogens with one attached hydrogen (secondary N) is 2. The standard InChI is InChI=1S/C23H19N3O2S/c27-21-13-14-29-20-12-11-18(15-19(20)24-21)23(28)26-25-22(16-7-3-1-4-8-16)17-9-5-2-6-10-17/h1-12,15H,13-14H2,(H,24,27)(H,26,28). The van der Waals surface area contributed by atoms with Crippen LogP contribution in [0.4, 0.5) is 5.69 Å². The molecule has 0 spiro atoms. The lowest BCUT2D eigenvalue weighted by molar-refractivity contribution is -0.115. The minimum absolute atomic E-state index is 0.0396. The van der Waals surface area contributed by atoms with Gasteiger partial charge < -0.3 is 5.32 Å². The molecule has 0 bridgehead atoms. The molecule has 4 rings (SSSR count). The molecule has 0 aliphatic carbocycles. The number of hydrogen-bond acceptors (Lipinski definition) is 4. The largest absolute Gasteiger partial charge is 0.325 e. The average Bonchev–Trinajstić information content (AvgIpc) is 2.95. The van der Waals surface area contributed by atoms with Crippen LogP contribution in [-0.4, -0.2) is 23.3 Å². The summed E-state index contributed by atoms with van der Waals surface area (Å²) in [7, 11) is 0. The number of nitrogens with zero attached hydrogens (tertiary/aromatic N) is 1. The van der Waals surface area contributed by atoms with Crippen molar-refractivity contribution in [2.75, 3.05) is 11.1 Å². The molecule has 0 radical (unpaired) electrons. The van der Waals surface area contributed by atoms with Gasteiger partial charge in [-0.2, -0.15) is 5.10 Å². The Morgan fingerprint density at radius 3 is 2.21 bits per heavy atom. The Balaban J connectivity index is 1.61. The van der Waals surface area contributed by atoms with Gasteiger partial charge in [-0.1, -0.05) is 60.7 Å². The highest BCUT2D eigenvalue weighted by molar-refractivity contribution is 7.99.